The second-order valence-corrected chi connectivity index (χ2v) is 14.5. The molecule has 2 atom stereocenters. The van der Waals surface area contributed by atoms with Crippen LogP contribution in [0.3, 0.4) is 0 Å². The zero-order chi connectivity index (χ0) is 33.5. The van der Waals surface area contributed by atoms with E-state index in [1.165, 1.54) is 18.7 Å². The minimum Gasteiger partial charge on any atom is -0.474 e. The first kappa shape index (κ1) is 34.7. The lowest BCUT2D eigenvalue weighted by molar-refractivity contribution is -0.135. The molecular formula is C36H43N3O6S. The predicted molar refractivity (Wildman–Crippen MR) is 182 cm³/mol. The maximum atomic E-state index is 12.9. The van der Waals surface area contributed by atoms with E-state index in [2.05, 4.69) is 9.71 Å². The number of ketones is 2. The monoisotopic (exact) mass is 645 g/mol. The molecule has 4 rings (SSSR count). The number of benzene rings is 3. The standard InChI is InChI=1S/C36H43N3O6S/c1-25(2)46(43,44)37-23-26(3)29-13-15-30(16-14-29)31-17-19-33(20-18-31)39(35(42)27(4)40)22-10-9-21-36(28(5)41)24-45-34(38-36)32-11-7-6-8-12-32/h6-8,11-20,25-26,37H,9-10,21-24H2,1-5H3. The van der Waals surface area contributed by atoms with Gasteiger partial charge in [-0.1, -0.05) is 61.5 Å². The molecule has 1 aliphatic heterocycles. The summed E-state index contributed by atoms with van der Waals surface area (Å²) in [5, 5.41) is -0.485. The highest BCUT2D eigenvalue weighted by Gasteiger charge is 2.41. The number of hydrogen-bond acceptors (Lipinski definition) is 7. The number of carbonyl (C=O) groups excluding carboxylic acids is 3. The Morgan fingerprint density at radius 3 is 2.04 bits per heavy atom. The van der Waals surface area contributed by atoms with Crippen LogP contribution in [0.4, 0.5) is 5.69 Å². The molecule has 3 aromatic carbocycles. The summed E-state index contributed by atoms with van der Waals surface area (Å²) in [6.07, 6.45) is 1.65. The summed E-state index contributed by atoms with van der Waals surface area (Å²) in [6.45, 7) is 8.88. The predicted octanol–water partition coefficient (Wildman–Crippen LogP) is 5.68. The van der Waals surface area contributed by atoms with E-state index < -0.39 is 32.5 Å². The third-order valence-corrected chi connectivity index (χ3v) is 10.2. The van der Waals surface area contributed by atoms with E-state index in [1.54, 1.807) is 13.8 Å². The van der Waals surface area contributed by atoms with Gasteiger partial charge in [-0.2, -0.15) is 0 Å². The summed E-state index contributed by atoms with van der Waals surface area (Å²) >= 11 is 0. The number of aliphatic imine (C=N–C) groups is 1. The molecule has 1 N–H and O–H groups in total. The highest BCUT2D eigenvalue weighted by Crippen LogP contribution is 2.30. The van der Waals surface area contributed by atoms with Crippen LogP contribution in [0, 0.1) is 0 Å². The van der Waals surface area contributed by atoms with Crippen molar-refractivity contribution in [3.8, 4) is 11.1 Å². The maximum Gasteiger partial charge on any atom is 0.294 e. The summed E-state index contributed by atoms with van der Waals surface area (Å²) in [5.41, 5.74) is 3.40. The van der Waals surface area contributed by atoms with Gasteiger partial charge in [0.2, 0.25) is 21.7 Å². The van der Waals surface area contributed by atoms with E-state index in [0.717, 1.165) is 22.3 Å². The van der Waals surface area contributed by atoms with Gasteiger partial charge in [0.15, 0.2) is 11.3 Å². The molecule has 2 unspecified atom stereocenters. The van der Waals surface area contributed by atoms with Gasteiger partial charge in [-0.15, -0.1) is 0 Å². The number of anilines is 1. The van der Waals surface area contributed by atoms with E-state index >= 15 is 0 Å². The Hall–Kier alpha value is -4.15. The number of amides is 1. The van der Waals surface area contributed by atoms with Crippen LogP contribution in [-0.4, -0.2) is 62.3 Å². The van der Waals surface area contributed by atoms with Crippen LogP contribution in [0.2, 0.25) is 0 Å². The normalized spacial score (nSPS) is 16.9. The molecule has 244 valence electrons. The molecule has 0 bridgehead atoms. The van der Waals surface area contributed by atoms with Crippen molar-refractivity contribution in [1.82, 2.24) is 4.72 Å². The number of Topliss-reactive ketones (excluding diaryl/α,β-unsaturated/α-hetero) is 2. The number of sulfonamides is 1. The zero-order valence-electron chi connectivity index (χ0n) is 27.2. The van der Waals surface area contributed by atoms with Gasteiger partial charge in [-0.3, -0.25) is 14.4 Å². The molecule has 1 heterocycles. The van der Waals surface area contributed by atoms with Crippen molar-refractivity contribution in [3.05, 3.63) is 90.0 Å². The van der Waals surface area contributed by atoms with Crippen LogP contribution in [-0.2, 0) is 29.1 Å². The lowest BCUT2D eigenvalue weighted by Gasteiger charge is -2.24. The molecule has 0 saturated heterocycles. The number of rotatable bonds is 15. The Kier molecular flexibility index (Phi) is 11.3. The summed E-state index contributed by atoms with van der Waals surface area (Å²) in [7, 11) is -3.33. The maximum absolute atomic E-state index is 12.9. The molecule has 0 radical (unpaired) electrons. The third kappa shape index (κ3) is 8.35. The van der Waals surface area contributed by atoms with E-state index in [4.69, 9.17) is 4.74 Å². The summed E-state index contributed by atoms with van der Waals surface area (Å²) < 4.78 is 32.7. The highest BCUT2D eigenvalue weighted by atomic mass is 32.2. The van der Waals surface area contributed by atoms with Crippen LogP contribution in [0.1, 0.15) is 70.9 Å². The Morgan fingerprint density at radius 2 is 1.48 bits per heavy atom. The van der Waals surface area contributed by atoms with Gasteiger partial charge in [0.05, 0.1) is 5.25 Å². The second kappa shape index (κ2) is 15.0. The molecule has 3 aromatic rings. The van der Waals surface area contributed by atoms with Crippen molar-refractivity contribution >= 4 is 39.1 Å². The van der Waals surface area contributed by atoms with Crippen LogP contribution < -0.4 is 9.62 Å². The molecule has 0 spiro atoms. The molecular weight excluding hydrogens is 602 g/mol. The summed E-state index contributed by atoms with van der Waals surface area (Å²) in [6, 6.07) is 24.9. The van der Waals surface area contributed by atoms with Gasteiger partial charge in [0.25, 0.3) is 5.91 Å². The molecule has 46 heavy (non-hydrogen) atoms. The summed E-state index contributed by atoms with van der Waals surface area (Å²) in [5.74, 6) is -0.744. The Bertz CT molecular complexity index is 1670. The molecule has 0 aliphatic carbocycles. The van der Waals surface area contributed by atoms with Crippen molar-refractivity contribution in [1.29, 1.82) is 0 Å². The van der Waals surface area contributed by atoms with Crippen LogP contribution >= 0.6 is 0 Å². The molecule has 0 aromatic heterocycles. The van der Waals surface area contributed by atoms with Crippen molar-refractivity contribution in [3.63, 3.8) is 0 Å². The molecule has 1 amide bonds. The third-order valence-electron chi connectivity index (χ3n) is 8.41. The number of nitrogens with zero attached hydrogens (tertiary/aromatic N) is 2. The van der Waals surface area contributed by atoms with E-state index in [0.29, 0.717) is 43.9 Å². The van der Waals surface area contributed by atoms with Crippen molar-refractivity contribution in [2.24, 2.45) is 4.99 Å². The van der Waals surface area contributed by atoms with Gasteiger partial charge in [0.1, 0.15) is 6.61 Å². The fraction of sp³-hybridized carbons (Fsp3) is 0.389. The SMILES string of the molecule is CC(=O)C(=O)N(CCCCC1(C(C)=O)COC(c2ccccc2)=N1)c1ccc(-c2ccc(C(C)CNS(=O)(=O)C(C)C)cc2)cc1. The first-order chi connectivity index (χ1) is 21.8. The lowest BCUT2D eigenvalue weighted by atomic mass is 9.90. The first-order valence-electron chi connectivity index (χ1n) is 15.6. The van der Waals surface area contributed by atoms with Crippen molar-refractivity contribution in [2.75, 3.05) is 24.6 Å². The number of hydrogen-bond donors (Lipinski definition) is 1. The van der Waals surface area contributed by atoms with Crippen molar-refractivity contribution < 1.29 is 27.5 Å². The van der Waals surface area contributed by atoms with Gasteiger partial charge < -0.3 is 9.64 Å². The van der Waals surface area contributed by atoms with Gasteiger partial charge in [-0.25, -0.2) is 18.1 Å². The molecule has 1 aliphatic rings. The molecule has 10 heteroatoms. The molecule has 0 fully saturated rings. The lowest BCUT2D eigenvalue weighted by Crippen LogP contribution is -2.38. The molecule has 0 saturated carbocycles. The minimum atomic E-state index is -3.33. The van der Waals surface area contributed by atoms with Gasteiger partial charge >= 0.3 is 0 Å². The zero-order valence-corrected chi connectivity index (χ0v) is 28.0. The highest BCUT2D eigenvalue weighted by molar-refractivity contribution is 7.90. The fourth-order valence-corrected chi connectivity index (χ4v) is 6.06. The Labute approximate surface area is 272 Å². The van der Waals surface area contributed by atoms with Gasteiger partial charge in [-0.05, 0) is 86.9 Å². The smallest absolute Gasteiger partial charge is 0.294 e. The Morgan fingerprint density at radius 1 is 0.870 bits per heavy atom. The van der Waals surface area contributed by atoms with Crippen molar-refractivity contribution in [2.45, 2.75) is 70.6 Å². The quantitative estimate of drug-likeness (QED) is 0.168. The van der Waals surface area contributed by atoms with E-state index in [9.17, 15) is 22.8 Å². The number of ether oxygens (including phenoxy) is 1. The Balaban J connectivity index is 1.40. The number of nitrogens with one attached hydrogen (secondary N) is 1. The average molecular weight is 646 g/mol. The number of unbranched alkanes of at least 4 members (excludes halogenated alkanes) is 1. The molecule has 9 nitrogen and oxygen atoms in total. The van der Waals surface area contributed by atoms with Crippen LogP contribution in [0.25, 0.3) is 11.1 Å². The van der Waals surface area contributed by atoms with E-state index in [-0.39, 0.29) is 18.3 Å². The van der Waals surface area contributed by atoms with Crippen LogP contribution in [0.15, 0.2) is 83.9 Å². The topological polar surface area (TPSA) is 122 Å². The fourth-order valence-electron chi connectivity index (χ4n) is 5.25. The van der Waals surface area contributed by atoms with E-state index in [1.807, 2.05) is 85.8 Å². The summed E-state index contributed by atoms with van der Waals surface area (Å²) in [4.78, 5) is 43.9. The largest absolute Gasteiger partial charge is 0.474 e. The van der Waals surface area contributed by atoms with Crippen LogP contribution in [0.5, 0.6) is 0 Å². The average Bonchev–Trinajstić information content (AvgIpc) is 3.50. The first-order valence-corrected chi connectivity index (χ1v) is 17.2. The van der Waals surface area contributed by atoms with Gasteiger partial charge in [0, 0.05) is 31.3 Å². The minimum absolute atomic E-state index is 0.000314. The number of carbonyl (C=O) groups is 3. The second-order valence-electron chi connectivity index (χ2n) is 12.1.